The summed E-state index contributed by atoms with van der Waals surface area (Å²) in [5.41, 5.74) is 20.3. The van der Waals surface area contributed by atoms with Crippen LogP contribution in [0.1, 0.15) is 0 Å². The number of nitrogens with two attached hydrogens (primary N) is 3. The molecule has 0 aliphatic carbocycles. The first-order valence-electron chi connectivity index (χ1n) is 8.32. The predicted molar refractivity (Wildman–Crippen MR) is 108 cm³/mol. The van der Waals surface area contributed by atoms with Crippen molar-refractivity contribution in [3.8, 4) is 0 Å². The Labute approximate surface area is 166 Å². The summed E-state index contributed by atoms with van der Waals surface area (Å²) >= 11 is 0. The molecule has 0 amide bonds. The fraction of sp³-hybridized carbons (Fsp3) is 0. The van der Waals surface area contributed by atoms with Gasteiger partial charge in [-0.2, -0.15) is 9.97 Å². The maximum absolute atomic E-state index is 5.50. The summed E-state index contributed by atoms with van der Waals surface area (Å²) in [5.74, 6) is 0.898. The number of aromatic amines is 3. The molecule has 0 bridgehead atoms. The molecule has 0 saturated carbocycles. The van der Waals surface area contributed by atoms with Crippen LogP contribution in [0.2, 0.25) is 0 Å². The zero-order valence-corrected chi connectivity index (χ0v) is 15.2. The van der Waals surface area contributed by atoms with Gasteiger partial charge in [-0.15, -0.1) is 0 Å². The molecule has 0 aliphatic rings. The largest absolute Gasteiger partial charge is 0.382 e. The zero-order valence-electron chi connectivity index (χ0n) is 15.2. The lowest BCUT2D eigenvalue weighted by atomic mass is 10.5. The minimum atomic E-state index is 0.141. The Balaban J connectivity index is 0.000000109. The van der Waals surface area contributed by atoms with E-state index in [-0.39, 0.29) is 5.95 Å². The van der Waals surface area contributed by atoms with Crippen LogP contribution in [0.5, 0.6) is 0 Å². The fourth-order valence-electron chi connectivity index (χ4n) is 2.35. The second-order valence-corrected chi connectivity index (χ2v) is 5.59. The molecule has 6 aromatic heterocycles. The van der Waals surface area contributed by atoms with Gasteiger partial charge in [-0.3, -0.25) is 0 Å². The summed E-state index contributed by atoms with van der Waals surface area (Å²) in [7, 11) is 0. The minimum absolute atomic E-state index is 0.141. The molecule has 0 radical (unpaired) electrons. The smallest absolute Gasteiger partial charge is 0.224 e. The van der Waals surface area contributed by atoms with E-state index in [0.29, 0.717) is 39.6 Å². The number of hydrogen-bond donors (Lipinski definition) is 6. The number of nitrogen functional groups attached to an aromatic ring is 3. The van der Waals surface area contributed by atoms with Gasteiger partial charge in [0.1, 0.15) is 29.2 Å². The van der Waals surface area contributed by atoms with Crippen molar-refractivity contribution < 1.29 is 0 Å². The van der Waals surface area contributed by atoms with E-state index in [9.17, 15) is 0 Å². The number of imidazole rings is 3. The average Bonchev–Trinajstić information content (AvgIpc) is 3.49. The number of anilines is 3. The zero-order chi connectivity index (χ0) is 20.9. The predicted octanol–water partition coefficient (Wildman–Crippen LogP) is -0.195. The van der Waals surface area contributed by atoms with E-state index in [1.54, 1.807) is 12.5 Å². The van der Waals surface area contributed by atoms with Gasteiger partial charge in [-0.05, 0) is 0 Å². The van der Waals surface area contributed by atoms with Gasteiger partial charge in [0.05, 0.1) is 25.2 Å². The van der Waals surface area contributed by atoms with Crippen molar-refractivity contribution in [3.05, 3.63) is 37.8 Å². The number of nitrogens with zero attached hydrogens (tertiary/aromatic N) is 9. The van der Waals surface area contributed by atoms with Gasteiger partial charge >= 0.3 is 0 Å². The lowest BCUT2D eigenvalue weighted by Gasteiger charge is -1.94. The molecule has 6 heterocycles. The number of rotatable bonds is 0. The third-order valence-corrected chi connectivity index (χ3v) is 3.68. The number of nitrogens with one attached hydrogen (secondary N) is 3. The molecule has 0 saturated heterocycles. The molecule has 0 aromatic carbocycles. The second-order valence-electron chi connectivity index (χ2n) is 5.59. The molecule has 30 heavy (non-hydrogen) atoms. The molecule has 150 valence electrons. The summed E-state index contributed by atoms with van der Waals surface area (Å²) in [4.78, 5) is 43.1. The lowest BCUT2D eigenvalue weighted by Crippen LogP contribution is -1.99. The van der Waals surface area contributed by atoms with Crippen molar-refractivity contribution in [2.45, 2.75) is 0 Å². The molecule has 0 atom stereocenters. The molecule has 0 aliphatic heterocycles. The van der Waals surface area contributed by atoms with Gasteiger partial charge in [0.25, 0.3) is 0 Å². The molecule has 9 N–H and O–H groups in total. The van der Waals surface area contributed by atoms with Crippen LogP contribution in [-0.4, -0.2) is 59.8 Å². The van der Waals surface area contributed by atoms with Crippen molar-refractivity contribution in [1.29, 1.82) is 0 Å². The standard InChI is InChI=1S/C5H6N6.C5H5N5.C5H4N4/c6-3-2-4(9-1-8-2)11-5(7)10-3;6-4-3-5(9-1-7-3)10-2-8-4;1-4-5(8-2-6-1)9-3-7-4/h1H,(H5,6,7,8,9,10,11);1-2H,(H3,6,7,8,9,10);1-3H,(H,6,7,8,9). The maximum Gasteiger partial charge on any atom is 0.224 e. The van der Waals surface area contributed by atoms with Gasteiger partial charge < -0.3 is 32.2 Å². The van der Waals surface area contributed by atoms with E-state index in [0.717, 1.165) is 5.52 Å². The lowest BCUT2D eigenvalue weighted by molar-refractivity contribution is 1.20. The van der Waals surface area contributed by atoms with E-state index in [1.165, 1.54) is 25.3 Å². The van der Waals surface area contributed by atoms with Crippen LogP contribution in [0.25, 0.3) is 33.5 Å². The molecular weight excluding hydrogens is 390 g/mol. The van der Waals surface area contributed by atoms with Crippen LogP contribution in [0.4, 0.5) is 17.6 Å². The van der Waals surface area contributed by atoms with Gasteiger partial charge in [-0.25, -0.2) is 34.9 Å². The topological polar surface area (TPSA) is 241 Å². The SMILES string of the molecule is Nc1nc(N)c2[nH]cnc2n1.Nc1ncnc2nc[nH]c12.c1ncc2[nH]cnc2n1. The van der Waals surface area contributed by atoms with Crippen molar-refractivity contribution in [3.63, 3.8) is 0 Å². The highest BCUT2D eigenvalue weighted by Gasteiger charge is 2.03. The fourth-order valence-corrected chi connectivity index (χ4v) is 2.35. The Morgan fingerprint density at radius 3 is 2.03 bits per heavy atom. The van der Waals surface area contributed by atoms with Crippen LogP contribution < -0.4 is 17.2 Å². The van der Waals surface area contributed by atoms with Crippen molar-refractivity contribution in [2.75, 3.05) is 17.2 Å². The Kier molecular flexibility index (Phi) is 4.89. The number of aromatic nitrogens is 12. The van der Waals surface area contributed by atoms with E-state index < -0.39 is 0 Å². The Hall–Kier alpha value is -4.95. The van der Waals surface area contributed by atoms with Crippen LogP contribution in [0, 0.1) is 0 Å². The molecule has 0 unspecified atom stereocenters. The van der Waals surface area contributed by atoms with Gasteiger partial charge in [0.2, 0.25) is 5.95 Å². The highest BCUT2D eigenvalue weighted by Crippen LogP contribution is 2.12. The Bertz CT molecular complexity index is 1370. The quantitative estimate of drug-likeness (QED) is 0.192. The van der Waals surface area contributed by atoms with Crippen molar-refractivity contribution in [1.82, 2.24) is 59.8 Å². The number of hydrogen-bond acceptors (Lipinski definition) is 12. The highest BCUT2D eigenvalue weighted by molar-refractivity contribution is 5.82. The first kappa shape index (κ1) is 18.4. The van der Waals surface area contributed by atoms with E-state index in [4.69, 9.17) is 17.2 Å². The molecule has 15 heteroatoms. The molecular formula is C15H15N15. The van der Waals surface area contributed by atoms with Gasteiger partial charge in [0.15, 0.2) is 28.6 Å². The Morgan fingerprint density at radius 1 is 0.600 bits per heavy atom. The maximum atomic E-state index is 5.50. The van der Waals surface area contributed by atoms with Crippen LogP contribution >= 0.6 is 0 Å². The summed E-state index contributed by atoms with van der Waals surface area (Å²) < 4.78 is 0. The minimum Gasteiger partial charge on any atom is -0.382 e. The average molecular weight is 405 g/mol. The van der Waals surface area contributed by atoms with Crippen LogP contribution in [0.3, 0.4) is 0 Å². The molecule has 6 rings (SSSR count). The summed E-state index contributed by atoms with van der Waals surface area (Å²) in [6.45, 7) is 0. The Morgan fingerprint density at radius 2 is 1.27 bits per heavy atom. The van der Waals surface area contributed by atoms with E-state index >= 15 is 0 Å². The van der Waals surface area contributed by atoms with Gasteiger partial charge in [0, 0.05) is 0 Å². The van der Waals surface area contributed by atoms with E-state index in [1.807, 2.05) is 0 Å². The van der Waals surface area contributed by atoms with Crippen LogP contribution in [0.15, 0.2) is 37.8 Å². The van der Waals surface area contributed by atoms with Gasteiger partial charge in [-0.1, -0.05) is 0 Å². The van der Waals surface area contributed by atoms with Crippen molar-refractivity contribution >= 4 is 51.1 Å². The molecule has 6 aromatic rings. The first-order chi connectivity index (χ1) is 14.6. The second kappa shape index (κ2) is 7.97. The van der Waals surface area contributed by atoms with Crippen LogP contribution in [-0.2, 0) is 0 Å². The van der Waals surface area contributed by atoms with E-state index in [2.05, 4.69) is 59.8 Å². The molecule has 0 spiro atoms. The summed E-state index contributed by atoms with van der Waals surface area (Å²) in [6.07, 6.45) is 9.18. The third-order valence-electron chi connectivity index (χ3n) is 3.68. The molecule has 0 fully saturated rings. The normalized spacial score (nSPS) is 10.4. The van der Waals surface area contributed by atoms with Crippen molar-refractivity contribution in [2.24, 2.45) is 0 Å². The molecule has 15 nitrogen and oxygen atoms in total. The monoisotopic (exact) mass is 405 g/mol. The number of H-pyrrole nitrogens is 3. The summed E-state index contributed by atoms with van der Waals surface area (Å²) in [6, 6.07) is 0. The summed E-state index contributed by atoms with van der Waals surface area (Å²) in [5, 5.41) is 0. The first-order valence-corrected chi connectivity index (χ1v) is 8.32. The third kappa shape index (κ3) is 3.84. The number of fused-ring (bicyclic) bond motifs is 3. The highest BCUT2D eigenvalue weighted by atomic mass is 15.1.